The molecular formula is C23H18BF4N3. The first kappa shape index (κ1) is 21.9. The van der Waals surface area contributed by atoms with Gasteiger partial charge in [0.1, 0.15) is 0 Å². The van der Waals surface area contributed by atoms with E-state index in [1.165, 1.54) is 0 Å². The predicted molar refractivity (Wildman–Crippen MR) is 117 cm³/mol. The van der Waals surface area contributed by atoms with Crippen LogP contribution in [0.15, 0.2) is 107 Å². The Morgan fingerprint density at radius 1 is 0.645 bits per heavy atom. The molecule has 0 radical (unpaired) electrons. The fourth-order valence-corrected chi connectivity index (χ4v) is 2.79. The molecule has 4 rings (SSSR count). The lowest BCUT2D eigenvalue weighted by Gasteiger charge is -2.02. The predicted octanol–water partition coefficient (Wildman–Crippen LogP) is 6.39. The number of rotatable bonds is 4. The van der Waals surface area contributed by atoms with Crippen molar-refractivity contribution in [3.05, 3.63) is 103 Å². The molecule has 0 bridgehead atoms. The van der Waals surface area contributed by atoms with Crippen LogP contribution in [-0.4, -0.2) is 13.5 Å². The van der Waals surface area contributed by atoms with Gasteiger partial charge in [-0.3, -0.25) is 0 Å². The lowest BCUT2D eigenvalue weighted by Crippen LogP contribution is -2.61. The van der Waals surface area contributed by atoms with Crippen LogP contribution in [0.3, 0.4) is 0 Å². The molecule has 1 N–H and O–H groups in total. The standard InChI is InChI=1S/C23H17N3.BF4/c1-3-9-18(10-4-1)17-24-22-16-15-19-11-7-8-14-21(19)23(22)26-25-20-12-5-2-6-13-20;2-1(3,4)5/h1-17H;/q;-1/p+1. The molecule has 0 atom stereocenters. The number of azo groups is 1. The van der Waals surface area contributed by atoms with E-state index in [2.05, 4.69) is 45.6 Å². The Balaban J connectivity index is 0.000000491. The molecule has 0 unspecified atom stereocenters. The van der Waals surface area contributed by atoms with Gasteiger partial charge in [-0.15, -0.1) is 5.11 Å². The molecule has 31 heavy (non-hydrogen) atoms. The summed E-state index contributed by atoms with van der Waals surface area (Å²) in [6, 6.07) is 32.3. The third-order valence-corrected chi connectivity index (χ3v) is 4.12. The van der Waals surface area contributed by atoms with Gasteiger partial charge in [-0.05, 0) is 35.7 Å². The number of hydrogen-bond acceptors (Lipinski definition) is 2. The Morgan fingerprint density at radius 3 is 1.90 bits per heavy atom. The molecule has 4 aromatic carbocycles. The zero-order valence-corrected chi connectivity index (χ0v) is 16.3. The van der Waals surface area contributed by atoms with Crippen molar-refractivity contribution in [1.29, 1.82) is 0 Å². The van der Waals surface area contributed by atoms with Crippen molar-refractivity contribution < 1.29 is 22.3 Å². The average molecular weight is 423 g/mol. The van der Waals surface area contributed by atoms with E-state index in [-0.39, 0.29) is 0 Å². The fraction of sp³-hybridized carbons (Fsp3) is 0. The lowest BCUT2D eigenvalue weighted by molar-refractivity contribution is -0.345. The van der Waals surface area contributed by atoms with Crippen LogP contribution >= 0.6 is 0 Å². The number of halogens is 4. The van der Waals surface area contributed by atoms with Gasteiger partial charge in [0, 0.05) is 17.0 Å². The summed E-state index contributed by atoms with van der Waals surface area (Å²) in [5.74, 6) is 0. The van der Waals surface area contributed by atoms with Gasteiger partial charge in [0.05, 0.1) is 5.69 Å². The molecule has 0 heterocycles. The van der Waals surface area contributed by atoms with Crippen molar-refractivity contribution in [2.24, 2.45) is 10.2 Å². The Morgan fingerprint density at radius 2 is 1.23 bits per heavy atom. The van der Waals surface area contributed by atoms with Crippen molar-refractivity contribution >= 4 is 41.3 Å². The Kier molecular flexibility index (Phi) is 7.27. The van der Waals surface area contributed by atoms with Crippen LogP contribution in [0.4, 0.5) is 34.3 Å². The zero-order chi connectivity index (χ0) is 22.1. The van der Waals surface area contributed by atoms with E-state index in [1.54, 1.807) is 0 Å². The molecular weight excluding hydrogens is 405 g/mol. The summed E-state index contributed by atoms with van der Waals surface area (Å²) in [5, 5.41) is 11.2. The summed E-state index contributed by atoms with van der Waals surface area (Å²) in [6.07, 6.45) is 1.98. The second-order valence-corrected chi connectivity index (χ2v) is 6.41. The molecule has 0 aromatic heterocycles. The molecule has 0 aliphatic rings. The van der Waals surface area contributed by atoms with Crippen LogP contribution in [0.5, 0.6) is 0 Å². The van der Waals surface area contributed by atoms with Crippen molar-refractivity contribution in [2.45, 2.75) is 0 Å². The van der Waals surface area contributed by atoms with Crippen LogP contribution in [0.2, 0.25) is 0 Å². The van der Waals surface area contributed by atoms with Gasteiger partial charge >= 0.3 is 7.25 Å². The number of nitrogens with zero attached hydrogens (tertiary/aromatic N) is 2. The van der Waals surface area contributed by atoms with Crippen LogP contribution in [0, 0.1) is 0 Å². The van der Waals surface area contributed by atoms with Crippen molar-refractivity contribution in [1.82, 2.24) is 0 Å². The van der Waals surface area contributed by atoms with E-state index < -0.39 is 7.25 Å². The summed E-state index contributed by atoms with van der Waals surface area (Å²) in [6.45, 7) is 0. The SMILES string of the molecule is C(=[NH+]c1ccc2ccccc2c1N=Nc1ccccc1)c1ccccc1.F[B-](F)(F)F. The maximum absolute atomic E-state index is 9.75. The molecule has 0 fully saturated rings. The first-order valence-electron chi connectivity index (χ1n) is 9.41. The van der Waals surface area contributed by atoms with E-state index in [9.17, 15) is 17.3 Å². The Bertz CT molecular complexity index is 1170. The minimum Gasteiger partial charge on any atom is -0.418 e. The van der Waals surface area contributed by atoms with Crippen molar-refractivity contribution in [3.63, 3.8) is 0 Å². The quantitative estimate of drug-likeness (QED) is 0.171. The molecule has 0 saturated heterocycles. The van der Waals surface area contributed by atoms with Gasteiger partial charge in [0.25, 0.3) is 0 Å². The van der Waals surface area contributed by atoms with Gasteiger partial charge in [0.15, 0.2) is 11.9 Å². The van der Waals surface area contributed by atoms with Crippen molar-refractivity contribution in [2.75, 3.05) is 0 Å². The highest BCUT2D eigenvalue weighted by Gasteiger charge is 2.20. The van der Waals surface area contributed by atoms with Crippen LogP contribution in [-0.2, 0) is 0 Å². The summed E-state index contributed by atoms with van der Waals surface area (Å²) in [7, 11) is -6.00. The van der Waals surface area contributed by atoms with E-state index in [1.807, 2.05) is 72.9 Å². The topological polar surface area (TPSA) is 38.7 Å². The molecule has 4 aromatic rings. The first-order valence-corrected chi connectivity index (χ1v) is 9.41. The Labute approximate surface area is 176 Å². The van der Waals surface area contributed by atoms with Gasteiger partial charge in [0.2, 0.25) is 5.69 Å². The van der Waals surface area contributed by atoms with Gasteiger partial charge in [-0.1, -0.05) is 60.7 Å². The van der Waals surface area contributed by atoms with Gasteiger partial charge in [-0.2, -0.15) is 5.11 Å². The van der Waals surface area contributed by atoms with Crippen LogP contribution < -0.4 is 4.99 Å². The highest BCUT2D eigenvalue weighted by Crippen LogP contribution is 2.32. The lowest BCUT2D eigenvalue weighted by atomic mass is 10.1. The maximum Gasteiger partial charge on any atom is 0.673 e. The molecule has 3 nitrogen and oxygen atoms in total. The second-order valence-electron chi connectivity index (χ2n) is 6.41. The number of benzene rings is 4. The molecule has 0 spiro atoms. The number of nitrogens with one attached hydrogen (secondary N) is 1. The summed E-state index contributed by atoms with van der Waals surface area (Å²) in [5.41, 5.74) is 3.69. The van der Waals surface area contributed by atoms with E-state index >= 15 is 0 Å². The maximum atomic E-state index is 9.75. The van der Waals surface area contributed by atoms with E-state index in [0.29, 0.717) is 0 Å². The monoisotopic (exact) mass is 423 g/mol. The largest absolute Gasteiger partial charge is 0.673 e. The fourth-order valence-electron chi connectivity index (χ4n) is 2.79. The smallest absolute Gasteiger partial charge is 0.418 e. The Hall–Kier alpha value is -3.81. The highest BCUT2D eigenvalue weighted by molar-refractivity contribution is 6.50. The summed E-state index contributed by atoms with van der Waals surface area (Å²) in [4.78, 5) is 3.38. The molecule has 0 aliphatic carbocycles. The normalized spacial score (nSPS) is 11.6. The number of hydrogen-bond donors (Lipinski definition) is 1. The summed E-state index contributed by atoms with van der Waals surface area (Å²) < 4.78 is 39.0. The third kappa shape index (κ3) is 7.19. The van der Waals surface area contributed by atoms with E-state index in [0.717, 1.165) is 33.4 Å². The minimum atomic E-state index is -6.00. The second kappa shape index (κ2) is 10.3. The van der Waals surface area contributed by atoms with Gasteiger partial charge < -0.3 is 17.3 Å². The van der Waals surface area contributed by atoms with E-state index in [4.69, 9.17) is 0 Å². The molecule has 0 saturated carbocycles. The average Bonchev–Trinajstić information content (AvgIpc) is 2.76. The minimum absolute atomic E-state index is 0.832. The summed E-state index contributed by atoms with van der Waals surface area (Å²) >= 11 is 0. The van der Waals surface area contributed by atoms with Crippen LogP contribution in [0.25, 0.3) is 10.8 Å². The van der Waals surface area contributed by atoms with Crippen molar-refractivity contribution in [3.8, 4) is 0 Å². The third-order valence-electron chi connectivity index (χ3n) is 4.12. The number of fused-ring (bicyclic) bond motifs is 1. The molecule has 0 amide bonds. The molecule has 8 heteroatoms. The first-order chi connectivity index (χ1) is 14.9. The van der Waals surface area contributed by atoms with Crippen LogP contribution in [0.1, 0.15) is 5.56 Å². The zero-order valence-electron chi connectivity index (χ0n) is 16.3. The van der Waals surface area contributed by atoms with Gasteiger partial charge in [-0.25, -0.2) is 4.99 Å². The molecule has 156 valence electrons. The highest BCUT2D eigenvalue weighted by atomic mass is 19.5. The molecule has 0 aliphatic heterocycles.